The Kier molecular flexibility index (Phi) is 6.45. The molecule has 0 saturated heterocycles. The maximum atomic E-state index is 12.6. The summed E-state index contributed by atoms with van der Waals surface area (Å²) < 4.78 is 32.8. The molecule has 0 bridgehead atoms. The van der Waals surface area contributed by atoms with Gasteiger partial charge in [0.2, 0.25) is 5.03 Å². The zero-order valence-corrected chi connectivity index (χ0v) is 14.3. The summed E-state index contributed by atoms with van der Waals surface area (Å²) in [4.78, 5) is 0.254. The second-order valence-electron chi connectivity index (χ2n) is 3.92. The van der Waals surface area contributed by atoms with Gasteiger partial charge in [0.15, 0.2) is 4.60 Å². The molecule has 0 aliphatic heterocycles. The monoisotopic (exact) mass is 385 g/mol. The van der Waals surface area contributed by atoms with E-state index in [0.717, 1.165) is 0 Å². The smallest absolute Gasteiger partial charge is 0.263 e. The Morgan fingerprint density at radius 3 is 2.65 bits per heavy atom. The predicted octanol–water partition coefficient (Wildman–Crippen LogP) is -0.109. The summed E-state index contributed by atoms with van der Waals surface area (Å²) in [7, 11) is -0.751. The minimum atomic E-state index is -3.76. The lowest BCUT2D eigenvalue weighted by molar-refractivity contribution is 0.179. The molecular weight excluding hydrogens is 370 g/mol. The van der Waals surface area contributed by atoms with Crippen molar-refractivity contribution in [2.24, 2.45) is 12.8 Å². The van der Waals surface area contributed by atoms with E-state index in [2.05, 4.69) is 26.2 Å². The zero-order valence-electron chi connectivity index (χ0n) is 11.1. The third kappa shape index (κ3) is 4.19. The van der Waals surface area contributed by atoms with E-state index in [0.29, 0.717) is 6.42 Å². The first-order chi connectivity index (χ1) is 9.30. The van der Waals surface area contributed by atoms with Crippen LogP contribution < -0.4 is 5.73 Å². The van der Waals surface area contributed by atoms with Gasteiger partial charge < -0.3 is 10.5 Å². The van der Waals surface area contributed by atoms with E-state index in [1.54, 1.807) is 0 Å². The summed E-state index contributed by atoms with van der Waals surface area (Å²) in [5.74, 6) is 0. The van der Waals surface area contributed by atoms with E-state index in [-0.39, 0.29) is 34.3 Å². The van der Waals surface area contributed by atoms with Crippen molar-refractivity contribution < 1.29 is 13.2 Å². The highest BCUT2D eigenvalue weighted by atomic mass is 79.9. The maximum absolute atomic E-state index is 12.6. The Hall–Kier alpha value is -0.620. The van der Waals surface area contributed by atoms with Crippen LogP contribution in [0.2, 0.25) is 0 Å². The molecule has 11 heteroatoms. The summed E-state index contributed by atoms with van der Waals surface area (Å²) in [6.45, 7) is 0.636. The van der Waals surface area contributed by atoms with Crippen LogP contribution in [0.3, 0.4) is 0 Å². The number of hydrogen-bond donors (Lipinski definition) is 1. The van der Waals surface area contributed by atoms with Crippen LogP contribution in [0, 0.1) is 0 Å². The van der Waals surface area contributed by atoms with Crippen LogP contribution in [0.15, 0.2) is 9.63 Å². The lowest BCUT2D eigenvalue weighted by Gasteiger charge is -2.21. The molecule has 0 saturated carbocycles. The number of nitrogens with zero attached hydrogens (tertiary/aromatic N) is 4. The third-order valence-corrected chi connectivity index (χ3v) is 5.47. The summed E-state index contributed by atoms with van der Waals surface area (Å²) in [6, 6.07) is 0. The van der Waals surface area contributed by atoms with Crippen LogP contribution in [-0.4, -0.2) is 59.5 Å². The molecule has 8 nitrogen and oxygen atoms in total. The molecule has 114 valence electrons. The zero-order chi connectivity index (χ0) is 15.3. The second kappa shape index (κ2) is 7.41. The standard InChI is InChI=1S/C9H16BrN5O3S2/c1-14-9(8(10)12-13-14)20(16,17)15(5-6-18-2)4-3-7(11)19/h3-6H2,1-2H3,(H2,11,19). The molecule has 0 amide bonds. The first-order valence-corrected chi connectivity index (χ1v) is 8.27. The number of sulfonamides is 1. The number of thiocarbonyl (C=S) groups is 1. The van der Waals surface area contributed by atoms with Crippen molar-refractivity contribution in [1.82, 2.24) is 19.3 Å². The highest BCUT2D eigenvalue weighted by Crippen LogP contribution is 2.22. The van der Waals surface area contributed by atoms with E-state index < -0.39 is 10.0 Å². The molecular formula is C9H16BrN5O3S2. The van der Waals surface area contributed by atoms with Crippen LogP contribution in [-0.2, 0) is 21.8 Å². The molecule has 0 atom stereocenters. The Labute approximate surface area is 131 Å². The minimum absolute atomic E-state index is 0.0171. The average molecular weight is 386 g/mol. The van der Waals surface area contributed by atoms with Crippen LogP contribution in [0.4, 0.5) is 0 Å². The van der Waals surface area contributed by atoms with E-state index in [9.17, 15) is 8.42 Å². The number of methoxy groups -OCH3 is 1. The largest absolute Gasteiger partial charge is 0.393 e. The molecule has 0 spiro atoms. The van der Waals surface area contributed by atoms with E-state index in [1.807, 2.05) is 0 Å². The summed E-state index contributed by atoms with van der Waals surface area (Å²) in [6.07, 6.45) is 0.293. The molecule has 2 N–H and O–H groups in total. The predicted molar refractivity (Wildman–Crippen MR) is 80.7 cm³/mol. The number of aromatic nitrogens is 3. The molecule has 20 heavy (non-hydrogen) atoms. The summed E-state index contributed by atoms with van der Waals surface area (Å²) in [5, 5.41) is 7.34. The fraction of sp³-hybridized carbons (Fsp3) is 0.667. The molecule has 1 rings (SSSR count). The topological polar surface area (TPSA) is 103 Å². The van der Waals surface area contributed by atoms with Crippen LogP contribution in [0.1, 0.15) is 6.42 Å². The molecule has 1 aromatic heterocycles. The number of halogens is 1. The maximum Gasteiger partial charge on any atom is 0.263 e. The number of ether oxygens (including phenoxy) is 1. The Balaban J connectivity index is 3.07. The minimum Gasteiger partial charge on any atom is -0.393 e. The first-order valence-electron chi connectivity index (χ1n) is 5.63. The molecule has 0 aliphatic rings. The molecule has 0 unspecified atom stereocenters. The fourth-order valence-electron chi connectivity index (χ4n) is 1.50. The van der Waals surface area contributed by atoms with Gasteiger partial charge in [-0.1, -0.05) is 17.4 Å². The fourth-order valence-corrected chi connectivity index (χ4v) is 4.05. The van der Waals surface area contributed by atoms with Gasteiger partial charge in [-0.25, -0.2) is 13.1 Å². The molecule has 0 aromatic carbocycles. The number of rotatable bonds is 8. The molecule has 0 aliphatic carbocycles. The van der Waals surface area contributed by atoms with E-state index in [4.69, 9.17) is 22.7 Å². The van der Waals surface area contributed by atoms with Gasteiger partial charge in [0.05, 0.1) is 11.6 Å². The van der Waals surface area contributed by atoms with Crippen molar-refractivity contribution in [3.05, 3.63) is 4.60 Å². The Morgan fingerprint density at radius 2 is 2.20 bits per heavy atom. The summed E-state index contributed by atoms with van der Waals surface area (Å²) >= 11 is 7.87. The van der Waals surface area contributed by atoms with Crippen molar-refractivity contribution in [2.75, 3.05) is 26.8 Å². The molecule has 0 fully saturated rings. The van der Waals surface area contributed by atoms with E-state index >= 15 is 0 Å². The lowest BCUT2D eigenvalue weighted by atomic mass is 10.4. The van der Waals surface area contributed by atoms with Gasteiger partial charge in [-0.2, -0.15) is 4.31 Å². The number of nitrogens with two attached hydrogens (primary N) is 1. The quantitative estimate of drug-likeness (QED) is 0.622. The van der Waals surface area contributed by atoms with Crippen LogP contribution in [0.5, 0.6) is 0 Å². The summed E-state index contributed by atoms with van der Waals surface area (Å²) in [5.41, 5.74) is 5.43. The average Bonchev–Trinajstić information content (AvgIpc) is 2.68. The van der Waals surface area contributed by atoms with Gasteiger partial charge in [-0.15, -0.1) is 5.10 Å². The first kappa shape index (κ1) is 17.4. The highest BCUT2D eigenvalue weighted by molar-refractivity contribution is 9.10. The number of aryl methyl sites for hydroxylation is 1. The second-order valence-corrected chi connectivity index (χ2v) is 7.05. The third-order valence-electron chi connectivity index (χ3n) is 2.47. The van der Waals surface area contributed by atoms with Gasteiger partial charge in [0, 0.05) is 33.7 Å². The Morgan fingerprint density at radius 1 is 1.55 bits per heavy atom. The van der Waals surface area contributed by atoms with Gasteiger partial charge in [-0.05, 0) is 15.9 Å². The Bertz CT molecular complexity index is 555. The normalized spacial score (nSPS) is 12.0. The van der Waals surface area contributed by atoms with Crippen molar-refractivity contribution in [3.63, 3.8) is 0 Å². The van der Waals surface area contributed by atoms with Crippen LogP contribution in [0.25, 0.3) is 0 Å². The van der Waals surface area contributed by atoms with Crippen LogP contribution >= 0.6 is 28.1 Å². The van der Waals surface area contributed by atoms with Gasteiger partial charge in [0.25, 0.3) is 10.0 Å². The van der Waals surface area contributed by atoms with Crippen molar-refractivity contribution in [3.8, 4) is 0 Å². The van der Waals surface area contributed by atoms with Crippen molar-refractivity contribution in [2.45, 2.75) is 11.4 Å². The van der Waals surface area contributed by atoms with E-state index in [1.165, 1.54) is 23.1 Å². The molecule has 0 radical (unpaired) electrons. The lowest BCUT2D eigenvalue weighted by Crippen LogP contribution is -2.37. The number of hydrogen-bond acceptors (Lipinski definition) is 6. The molecule has 1 heterocycles. The highest BCUT2D eigenvalue weighted by Gasteiger charge is 2.30. The SMILES string of the molecule is COCCN(CCC(N)=S)S(=O)(=O)c1c(Br)nnn1C. The van der Waals surface area contributed by atoms with Gasteiger partial charge >= 0.3 is 0 Å². The van der Waals surface area contributed by atoms with Crippen molar-refractivity contribution >= 4 is 43.2 Å². The van der Waals surface area contributed by atoms with Gasteiger partial charge in [0.1, 0.15) is 0 Å². The molecule has 1 aromatic rings. The van der Waals surface area contributed by atoms with Crippen molar-refractivity contribution in [1.29, 1.82) is 0 Å². The van der Waals surface area contributed by atoms with Gasteiger partial charge in [-0.3, -0.25) is 0 Å².